The molecule has 3 aromatic carbocycles. The highest BCUT2D eigenvalue weighted by molar-refractivity contribution is 5.86. The van der Waals surface area contributed by atoms with Crippen LogP contribution in [0, 0.1) is 5.41 Å². The molecule has 0 radical (unpaired) electrons. The van der Waals surface area contributed by atoms with Crippen molar-refractivity contribution in [3.05, 3.63) is 90.6 Å². The van der Waals surface area contributed by atoms with Crippen LogP contribution in [0.1, 0.15) is 24.8 Å². The highest BCUT2D eigenvalue weighted by atomic mass is 15.3. The molecule has 0 amide bonds. The molecule has 4 aromatic rings. The molecule has 0 saturated carbocycles. The Hall–Kier alpha value is -3.24. The molecule has 0 bridgehead atoms. The molecule has 2 aliphatic rings. The molecule has 3 heterocycles. The molecule has 0 aliphatic carbocycles. The Bertz CT molecular complexity index is 1240. The standard InChI is InChI=1S/C29H30N4/c1-2-6-23(7-3-1)21-32-17-13-29(14-18-32)15-19-33(22-29)28-30-16-12-27(31-28)26-11-10-24-8-4-5-9-25(24)20-26/h1-12,16,20H,13-15,17-19,21-22H2. The molecule has 2 aliphatic heterocycles. The van der Waals surface area contributed by atoms with E-state index in [4.69, 9.17) is 4.98 Å². The lowest BCUT2D eigenvalue weighted by Gasteiger charge is -2.39. The first-order valence-corrected chi connectivity index (χ1v) is 12.1. The fourth-order valence-corrected chi connectivity index (χ4v) is 5.55. The number of hydrogen-bond acceptors (Lipinski definition) is 4. The average Bonchev–Trinajstić information content (AvgIpc) is 3.30. The van der Waals surface area contributed by atoms with E-state index < -0.39 is 0 Å². The lowest BCUT2D eigenvalue weighted by atomic mass is 9.77. The van der Waals surface area contributed by atoms with Gasteiger partial charge in [0.2, 0.25) is 5.95 Å². The van der Waals surface area contributed by atoms with Crippen LogP contribution in [0.5, 0.6) is 0 Å². The maximum Gasteiger partial charge on any atom is 0.225 e. The third-order valence-corrected chi connectivity index (χ3v) is 7.57. The van der Waals surface area contributed by atoms with E-state index in [1.165, 1.54) is 48.7 Å². The fraction of sp³-hybridized carbons (Fsp3) is 0.310. The van der Waals surface area contributed by atoms with Crippen molar-refractivity contribution in [3.63, 3.8) is 0 Å². The predicted molar refractivity (Wildman–Crippen MR) is 135 cm³/mol. The van der Waals surface area contributed by atoms with Gasteiger partial charge in [-0.15, -0.1) is 0 Å². The number of piperidine rings is 1. The highest BCUT2D eigenvalue weighted by Crippen LogP contribution is 2.41. The first-order chi connectivity index (χ1) is 16.3. The van der Waals surface area contributed by atoms with Gasteiger partial charge in [-0.05, 0) is 66.2 Å². The molecule has 1 spiro atoms. The van der Waals surface area contributed by atoms with E-state index in [9.17, 15) is 0 Å². The maximum atomic E-state index is 4.98. The number of nitrogens with zero attached hydrogens (tertiary/aromatic N) is 4. The van der Waals surface area contributed by atoms with Gasteiger partial charge in [-0.3, -0.25) is 4.90 Å². The summed E-state index contributed by atoms with van der Waals surface area (Å²) in [6, 6.07) is 28.0. The Morgan fingerprint density at radius 2 is 1.52 bits per heavy atom. The number of likely N-dealkylation sites (tertiary alicyclic amines) is 1. The summed E-state index contributed by atoms with van der Waals surface area (Å²) in [7, 11) is 0. The minimum atomic E-state index is 0.412. The Labute approximate surface area is 195 Å². The normalized spacial score (nSPS) is 18.2. The van der Waals surface area contributed by atoms with E-state index >= 15 is 0 Å². The largest absolute Gasteiger partial charge is 0.340 e. The van der Waals surface area contributed by atoms with Crippen molar-refractivity contribution in [2.75, 3.05) is 31.1 Å². The Morgan fingerprint density at radius 3 is 2.36 bits per heavy atom. The van der Waals surface area contributed by atoms with Gasteiger partial charge >= 0.3 is 0 Å². The van der Waals surface area contributed by atoms with E-state index in [1.807, 2.05) is 12.3 Å². The van der Waals surface area contributed by atoms with Gasteiger partial charge in [-0.25, -0.2) is 9.97 Å². The summed E-state index contributed by atoms with van der Waals surface area (Å²) in [6.07, 6.45) is 5.69. The second kappa shape index (κ2) is 8.60. The summed E-state index contributed by atoms with van der Waals surface area (Å²) in [6.45, 7) is 5.56. The van der Waals surface area contributed by atoms with E-state index in [0.717, 1.165) is 36.8 Å². The first-order valence-electron chi connectivity index (χ1n) is 12.1. The number of aromatic nitrogens is 2. The number of fused-ring (bicyclic) bond motifs is 1. The van der Waals surface area contributed by atoms with Crippen molar-refractivity contribution in [2.24, 2.45) is 5.41 Å². The molecule has 6 rings (SSSR count). The van der Waals surface area contributed by atoms with Crippen molar-refractivity contribution in [1.82, 2.24) is 14.9 Å². The van der Waals surface area contributed by atoms with Crippen LogP contribution in [-0.2, 0) is 6.54 Å². The quantitative estimate of drug-likeness (QED) is 0.407. The monoisotopic (exact) mass is 434 g/mol. The van der Waals surface area contributed by atoms with Crippen LogP contribution in [0.2, 0.25) is 0 Å². The summed E-state index contributed by atoms with van der Waals surface area (Å²) in [4.78, 5) is 14.7. The average molecular weight is 435 g/mol. The van der Waals surface area contributed by atoms with Gasteiger partial charge in [0.05, 0.1) is 5.69 Å². The topological polar surface area (TPSA) is 32.3 Å². The Morgan fingerprint density at radius 1 is 0.758 bits per heavy atom. The molecule has 0 N–H and O–H groups in total. The summed E-state index contributed by atoms with van der Waals surface area (Å²) >= 11 is 0. The second-order valence-electron chi connectivity index (χ2n) is 9.74. The van der Waals surface area contributed by atoms with Gasteiger partial charge in [0.1, 0.15) is 0 Å². The number of rotatable bonds is 4. The zero-order valence-electron chi connectivity index (χ0n) is 19.0. The van der Waals surface area contributed by atoms with Crippen molar-refractivity contribution in [3.8, 4) is 11.3 Å². The van der Waals surface area contributed by atoms with Crippen LogP contribution in [0.25, 0.3) is 22.0 Å². The van der Waals surface area contributed by atoms with Crippen LogP contribution < -0.4 is 4.90 Å². The predicted octanol–water partition coefficient (Wildman–Crippen LogP) is 5.79. The molecule has 166 valence electrons. The van der Waals surface area contributed by atoms with Crippen LogP contribution in [-0.4, -0.2) is 41.0 Å². The van der Waals surface area contributed by atoms with Gasteiger partial charge in [0, 0.05) is 31.4 Å². The third kappa shape index (κ3) is 4.23. The zero-order chi connectivity index (χ0) is 22.1. The smallest absolute Gasteiger partial charge is 0.225 e. The molecule has 4 heteroatoms. The zero-order valence-corrected chi connectivity index (χ0v) is 19.0. The van der Waals surface area contributed by atoms with Crippen molar-refractivity contribution < 1.29 is 0 Å². The van der Waals surface area contributed by atoms with Gasteiger partial charge in [-0.2, -0.15) is 0 Å². The van der Waals surface area contributed by atoms with Gasteiger partial charge in [0.25, 0.3) is 0 Å². The summed E-state index contributed by atoms with van der Waals surface area (Å²) in [5.74, 6) is 0.879. The maximum absolute atomic E-state index is 4.98. The van der Waals surface area contributed by atoms with E-state index in [0.29, 0.717) is 5.41 Å². The molecular formula is C29H30N4. The summed E-state index contributed by atoms with van der Waals surface area (Å²) in [5, 5.41) is 2.51. The van der Waals surface area contributed by atoms with E-state index in [-0.39, 0.29) is 0 Å². The van der Waals surface area contributed by atoms with Crippen LogP contribution in [0.15, 0.2) is 85.1 Å². The highest BCUT2D eigenvalue weighted by Gasteiger charge is 2.41. The summed E-state index contributed by atoms with van der Waals surface area (Å²) < 4.78 is 0. The number of anilines is 1. The van der Waals surface area contributed by atoms with Crippen LogP contribution in [0.4, 0.5) is 5.95 Å². The number of benzene rings is 3. The molecule has 1 aromatic heterocycles. The Balaban J connectivity index is 1.14. The Kier molecular flexibility index (Phi) is 5.31. The van der Waals surface area contributed by atoms with Gasteiger partial charge in [-0.1, -0.05) is 66.7 Å². The van der Waals surface area contributed by atoms with E-state index in [2.05, 4.69) is 87.6 Å². The molecule has 2 saturated heterocycles. The van der Waals surface area contributed by atoms with Gasteiger partial charge < -0.3 is 4.90 Å². The molecule has 4 nitrogen and oxygen atoms in total. The molecule has 0 atom stereocenters. The van der Waals surface area contributed by atoms with Crippen molar-refractivity contribution in [1.29, 1.82) is 0 Å². The third-order valence-electron chi connectivity index (χ3n) is 7.57. The number of hydrogen-bond donors (Lipinski definition) is 0. The summed E-state index contributed by atoms with van der Waals surface area (Å²) in [5.41, 5.74) is 3.99. The second-order valence-corrected chi connectivity index (χ2v) is 9.74. The minimum Gasteiger partial charge on any atom is -0.340 e. The van der Waals surface area contributed by atoms with Crippen molar-refractivity contribution >= 4 is 16.7 Å². The van der Waals surface area contributed by atoms with Gasteiger partial charge in [0.15, 0.2) is 0 Å². The lowest BCUT2D eigenvalue weighted by Crippen LogP contribution is -2.41. The van der Waals surface area contributed by atoms with Crippen LogP contribution in [0.3, 0.4) is 0 Å². The lowest BCUT2D eigenvalue weighted by molar-refractivity contribution is 0.115. The molecular weight excluding hydrogens is 404 g/mol. The first kappa shape index (κ1) is 20.4. The fourth-order valence-electron chi connectivity index (χ4n) is 5.55. The van der Waals surface area contributed by atoms with E-state index in [1.54, 1.807) is 0 Å². The molecule has 0 unspecified atom stereocenters. The molecule has 33 heavy (non-hydrogen) atoms. The SMILES string of the molecule is c1ccc(CN2CCC3(CC2)CCN(c2nccc(-c4ccc5ccccc5c4)n2)C3)cc1. The molecule has 2 fully saturated rings. The van der Waals surface area contributed by atoms with Crippen LogP contribution >= 0.6 is 0 Å². The minimum absolute atomic E-state index is 0.412. The van der Waals surface area contributed by atoms with Crippen molar-refractivity contribution in [2.45, 2.75) is 25.8 Å².